The predicted octanol–water partition coefficient (Wildman–Crippen LogP) is 9.87. The summed E-state index contributed by atoms with van der Waals surface area (Å²) in [7, 11) is 0. The van der Waals surface area contributed by atoms with Crippen molar-refractivity contribution < 1.29 is 0 Å². The Bertz CT molecular complexity index is 1950. The predicted molar refractivity (Wildman–Crippen MR) is 172 cm³/mol. The van der Waals surface area contributed by atoms with Gasteiger partial charge in [0, 0.05) is 16.7 Å². The Hall–Kier alpha value is -5.67. The molecule has 0 N–H and O–H groups in total. The molecule has 0 amide bonds. The molecule has 0 unspecified atom stereocenters. The Kier molecular flexibility index (Phi) is 6.89. The Balaban J connectivity index is 1.46. The van der Waals surface area contributed by atoms with E-state index in [1.165, 1.54) is 0 Å². The average molecular weight is 538 g/mol. The zero-order valence-corrected chi connectivity index (χ0v) is 22.9. The maximum Gasteiger partial charge on any atom is 0.164 e. The van der Waals surface area contributed by atoms with Gasteiger partial charge in [-0.2, -0.15) is 0 Å². The van der Waals surface area contributed by atoms with Gasteiger partial charge in [0.05, 0.1) is 0 Å². The molecule has 0 saturated heterocycles. The molecule has 0 saturated carbocycles. The molecule has 1 heterocycles. The van der Waals surface area contributed by atoms with E-state index in [0.29, 0.717) is 17.5 Å². The molecule has 198 valence electrons. The van der Waals surface area contributed by atoms with E-state index in [9.17, 15) is 0 Å². The first-order valence-corrected chi connectivity index (χ1v) is 14.0. The van der Waals surface area contributed by atoms with Crippen LogP contribution in [-0.4, -0.2) is 15.0 Å². The van der Waals surface area contributed by atoms with Gasteiger partial charge in [-0.3, -0.25) is 0 Å². The molecule has 3 nitrogen and oxygen atoms in total. The first-order valence-electron chi connectivity index (χ1n) is 14.0. The minimum absolute atomic E-state index is 0.639. The summed E-state index contributed by atoms with van der Waals surface area (Å²) in [6, 6.07) is 56.3. The van der Waals surface area contributed by atoms with E-state index in [4.69, 9.17) is 15.0 Å². The normalized spacial score (nSPS) is 10.9. The van der Waals surface area contributed by atoms with E-state index in [-0.39, 0.29) is 0 Å². The molecule has 0 aliphatic carbocycles. The second-order valence-corrected chi connectivity index (χ2v) is 10.1. The molecule has 0 atom stereocenters. The first-order chi connectivity index (χ1) is 20.8. The van der Waals surface area contributed by atoms with Crippen molar-refractivity contribution in [2.24, 2.45) is 0 Å². The van der Waals surface area contributed by atoms with Gasteiger partial charge in [0.15, 0.2) is 17.5 Å². The van der Waals surface area contributed by atoms with E-state index in [0.717, 1.165) is 50.1 Å². The van der Waals surface area contributed by atoms with Crippen LogP contribution in [0.2, 0.25) is 0 Å². The smallest absolute Gasteiger partial charge is 0.164 e. The van der Waals surface area contributed by atoms with Crippen molar-refractivity contribution in [3.8, 4) is 67.5 Å². The van der Waals surface area contributed by atoms with Gasteiger partial charge >= 0.3 is 0 Å². The summed E-state index contributed by atoms with van der Waals surface area (Å²) in [6.07, 6.45) is 0. The Morgan fingerprint density at radius 3 is 1.26 bits per heavy atom. The van der Waals surface area contributed by atoms with Crippen LogP contribution < -0.4 is 0 Å². The Morgan fingerprint density at radius 1 is 0.238 bits per heavy atom. The van der Waals surface area contributed by atoms with Gasteiger partial charge in [-0.15, -0.1) is 0 Å². The minimum Gasteiger partial charge on any atom is -0.208 e. The van der Waals surface area contributed by atoms with E-state index < -0.39 is 0 Å². The second kappa shape index (κ2) is 11.4. The average Bonchev–Trinajstić information content (AvgIpc) is 3.09. The van der Waals surface area contributed by atoms with Crippen LogP contribution in [0.5, 0.6) is 0 Å². The molecular weight excluding hydrogens is 510 g/mol. The van der Waals surface area contributed by atoms with Crippen LogP contribution in [0.4, 0.5) is 0 Å². The molecule has 42 heavy (non-hydrogen) atoms. The number of hydrogen-bond donors (Lipinski definition) is 0. The van der Waals surface area contributed by atoms with Crippen molar-refractivity contribution >= 4 is 0 Å². The fourth-order valence-corrected chi connectivity index (χ4v) is 5.22. The van der Waals surface area contributed by atoms with Crippen molar-refractivity contribution in [1.82, 2.24) is 15.0 Å². The van der Waals surface area contributed by atoms with Crippen LogP contribution in [0.3, 0.4) is 0 Å². The molecule has 6 aromatic carbocycles. The van der Waals surface area contributed by atoms with E-state index >= 15 is 0 Å². The van der Waals surface area contributed by atoms with Gasteiger partial charge in [0.25, 0.3) is 0 Å². The van der Waals surface area contributed by atoms with E-state index in [2.05, 4.69) is 115 Å². The lowest BCUT2D eigenvalue weighted by atomic mass is 9.94. The van der Waals surface area contributed by atoms with Crippen molar-refractivity contribution in [3.05, 3.63) is 164 Å². The van der Waals surface area contributed by atoms with Crippen LogP contribution in [0, 0.1) is 0 Å². The largest absolute Gasteiger partial charge is 0.208 e. The Labute approximate surface area is 245 Å². The molecule has 7 rings (SSSR count). The number of rotatable bonds is 6. The van der Waals surface area contributed by atoms with Crippen molar-refractivity contribution in [1.29, 1.82) is 0 Å². The SMILES string of the molecule is c1ccc(-c2cccc(-c3nc(-c4ccccc4)nc(-c4cc(-c5ccccc5)ccc4-c4ccccc4)n3)c2)cc1. The molecule has 0 bridgehead atoms. The topological polar surface area (TPSA) is 38.7 Å². The number of aromatic nitrogens is 3. The highest BCUT2D eigenvalue weighted by Gasteiger charge is 2.17. The fraction of sp³-hybridized carbons (Fsp3) is 0. The lowest BCUT2D eigenvalue weighted by molar-refractivity contribution is 1.07. The highest BCUT2D eigenvalue weighted by Crippen LogP contribution is 2.36. The summed E-state index contributed by atoms with van der Waals surface area (Å²) in [5.74, 6) is 1.92. The lowest BCUT2D eigenvalue weighted by Gasteiger charge is -2.14. The van der Waals surface area contributed by atoms with Crippen LogP contribution in [0.25, 0.3) is 67.5 Å². The van der Waals surface area contributed by atoms with Crippen molar-refractivity contribution in [3.63, 3.8) is 0 Å². The fourth-order valence-electron chi connectivity index (χ4n) is 5.22. The summed E-state index contributed by atoms with van der Waals surface area (Å²) in [5.41, 5.74) is 9.56. The van der Waals surface area contributed by atoms with Gasteiger partial charge < -0.3 is 0 Å². The minimum atomic E-state index is 0.639. The molecule has 3 heteroatoms. The van der Waals surface area contributed by atoms with Crippen molar-refractivity contribution in [2.45, 2.75) is 0 Å². The lowest BCUT2D eigenvalue weighted by Crippen LogP contribution is -2.01. The van der Waals surface area contributed by atoms with E-state index in [1.54, 1.807) is 0 Å². The number of nitrogens with zero attached hydrogens (tertiary/aromatic N) is 3. The first kappa shape index (κ1) is 25.3. The van der Waals surface area contributed by atoms with Crippen LogP contribution in [-0.2, 0) is 0 Å². The van der Waals surface area contributed by atoms with Gasteiger partial charge in [0.2, 0.25) is 0 Å². The van der Waals surface area contributed by atoms with Crippen molar-refractivity contribution in [2.75, 3.05) is 0 Å². The van der Waals surface area contributed by atoms with Crippen LogP contribution >= 0.6 is 0 Å². The zero-order chi connectivity index (χ0) is 28.1. The monoisotopic (exact) mass is 537 g/mol. The summed E-state index contributed by atoms with van der Waals surface area (Å²) < 4.78 is 0. The van der Waals surface area contributed by atoms with Gasteiger partial charge in [0.1, 0.15) is 0 Å². The van der Waals surface area contributed by atoms with Gasteiger partial charge in [-0.05, 0) is 45.5 Å². The Morgan fingerprint density at radius 2 is 0.667 bits per heavy atom. The molecule has 1 aromatic heterocycles. The number of hydrogen-bond acceptors (Lipinski definition) is 3. The summed E-state index contributed by atoms with van der Waals surface area (Å²) >= 11 is 0. The molecule has 0 radical (unpaired) electrons. The third-order valence-corrected chi connectivity index (χ3v) is 7.35. The highest BCUT2D eigenvalue weighted by molar-refractivity contribution is 5.85. The quantitative estimate of drug-likeness (QED) is 0.212. The summed E-state index contributed by atoms with van der Waals surface area (Å²) in [4.78, 5) is 15.2. The molecule has 0 aliphatic rings. The van der Waals surface area contributed by atoms with Gasteiger partial charge in [-0.1, -0.05) is 152 Å². The van der Waals surface area contributed by atoms with E-state index in [1.807, 2.05) is 48.5 Å². The molecule has 0 spiro atoms. The number of benzene rings is 6. The third kappa shape index (κ3) is 5.24. The highest BCUT2D eigenvalue weighted by atomic mass is 15.0. The standard InChI is InChI=1S/C39H27N3/c1-5-14-28(15-6-1)32-22-13-23-34(26-32)38-40-37(31-20-11-4-12-21-31)41-39(42-38)36-27-33(29-16-7-2-8-17-29)24-25-35(36)30-18-9-3-10-19-30/h1-27H. The zero-order valence-electron chi connectivity index (χ0n) is 22.9. The maximum absolute atomic E-state index is 5.13. The molecular formula is C39H27N3. The summed E-state index contributed by atoms with van der Waals surface area (Å²) in [5, 5.41) is 0. The molecule has 7 aromatic rings. The van der Waals surface area contributed by atoms with Crippen LogP contribution in [0.15, 0.2) is 164 Å². The molecule has 0 fully saturated rings. The third-order valence-electron chi connectivity index (χ3n) is 7.35. The maximum atomic E-state index is 5.13. The van der Waals surface area contributed by atoms with Gasteiger partial charge in [-0.25, -0.2) is 15.0 Å². The summed E-state index contributed by atoms with van der Waals surface area (Å²) in [6.45, 7) is 0. The van der Waals surface area contributed by atoms with Crippen LogP contribution in [0.1, 0.15) is 0 Å². The second-order valence-electron chi connectivity index (χ2n) is 10.1. The molecule has 0 aliphatic heterocycles.